The Morgan fingerprint density at radius 2 is 1.44 bits per heavy atom. The lowest BCUT2D eigenvalue weighted by molar-refractivity contribution is -0.145. The molecule has 15 heteroatoms. The number of ketones is 2. The molecule has 15 nitrogen and oxygen atoms in total. The van der Waals surface area contributed by atoms with Crippen LogP contribution in [0, 0.1) is 11.8 Å². The molecule has 0 unspecified atom stereocenters. The number of nitrogens with one attached hydrogen (secondary N) is 3. The number of carboxylic acid groups (broad SMARTS) is 2. The summed E-state index contributed by atoms with van der Waals surface area (Å²) in [5.74, 6) is -5.60. The SMILES string of the molecule is CC[C@@H](CCCCNC(=O)CC[C@H](NC(=O)CC[C@H](CC(=O)COCCOCCNC(C)=O)C(=O)O)C(=O)O)C(=O)CN. The third-order valence-electron chi connectivity index (χ3n) is 6.54. The average molecular weight is 617 g/mol. The van der Waals surface area contributed by atoms with Gasteiger partial charge in [-0.15, -0.1) is 0 Å². The van der Waals surface area contributed by atoms with Crippen LogP contribution in [0.5, 0.6) is 0 Å². The van der Waals surface area contributed by atoms with Crippen molar-refractivity contribution in [2.75, 3.05) is 46.1 Å². The molecule has 0 aliphatic carbocycles. The van der Waals surface area contributed by atoms with Gasteiger partial charge in [0.25, 0.3) is 0 Å². The minimum Gasteiger partial charge on any atom is -0.481 e. The van der Waals surface area contributed by atoms with E-state index in [0.717, 1.165) is 6.42 Å². The predicted molar refractivity (Wildman–Crippen MR) is 154 cm³/mol. The Labute approximate surface area is 252 Å². The molecule has 43 heavy (non-hydrogen) atoms. The van der Waals surface area contributed by atoms with E-state index in [9.17, 15) is 43.8 Å². The standard InChI is InChI=1S/C28H48N4O11/c1-3-20(24(35)17-29)6-4-5-11-31-25(36)10-8-23(28(40)41)32-26(37)9-7-21(27(38)39)16-22(34)18-43-15-14-42-13-12-30-19(2)33/h20-21,23H,3-18,29H2,1-2H3,(H,30,33)(H,31,36)(H,32,37)(H,38,39)(H,40,41)/t20-,21+,23-/m0/s1. The Balaban J connectivity index is 4.35. The van der Waals surface area contributed by atoms with Gasteiger partial charge in [0.05, 0.1) is 32.3 Å². The van der Waals surface area contributed by atoms with Gasteiger partial charge in [-0.3, -0.25) is 28.8 Å². The van der Waals surface area contributed by atoms with Crippen LogP contribution in [0.3, 0.4) is 0 Å². The van der Waals surface area contributed by atoms with Crippen LogP contribution in [-0.4, -0.2) is 104 Å². The molecule has 0 radical (unpaired) electrons. The fourth-order valence-electron chi connectivity index (χ4n) is 4.05. The number of hydrogen-bond donors (Lipinski definition) is 6. The van der Waals surface area contributed by atoms with Gasteiger partial charge in [-0.2, -0.15) is 0 Å². The summed E-state index contributed by atoms with van der Waals surface area (Å²) >= 11 is 0. The number of aliphatic carboxylic acids is 2. The molecular formula is C28H48N4O11. The molecule has 0 spiro atoms. The lowest BCUT2D eigenvalue weighted by Gasteiger charge is -2.16. The van der Waals surface area contributed by atoms with Crippen molar-refractivity contribution < 1.29 is 53.2 Å². The molecule has 246 valence electrons. The molecule has 0 aromatic carbocycles. The van der Waals surface area contributed by atoms with Crippen molar-refractivity contribution in [1.29, 1.82) is 0 Å². The second-order valence-corrected chi connectivity index (χ2v) is 10.1. The third kappa shape index (κ3) is 21.0. The van der Waals surface area contributed by atoms with E-state index >= 15 is 0 Å². The number of amides is 3. The van der Waals surface area contributed by atoms with Crippen molar-refractivity contribution in [1.82, 2.24) is 16.0 Å². The molecule has 0 saturated carbocycles. The van der Waals surface area contributed by atoms with Gasteiger partial charge in [0.1, 0.15) is 18.4 Å². The van der Waals surface area contributed by atoms with Crippen molar-refractivity contribution >= 4 is 41.2 Å². The first kappa shape index (κ1) is 39.6. The molecule has 3 amide bonds. The summed E-state index contributed by atoms with van der Waals surface area (Å²) in [5.41, 5.74) is 5.40. The highest BCUT2D eigenvalue weighted by Gasteiger charge is 2.25. The number of Topliss-reactive ketones (excluding diaryl/α,β-unsaturated/α-hetero) is 2. The first-order valence-electron chi connectivity index (χ1n) is 14.6. The maximum absolute atomic E-state index is 12.3. The van der Waals surface area contributed by atoms with Gasteiger partial charge in [0.2, 0.25) is 17.7 Å². The zero-order valence-corrected chi connectivity index (χ0v) is 25.2. The summed E-state index contributed by atoms with van der Waals surface area (Å²) in [7, 11) is 0. The minimum atomic E-state index is -1.34. The first-order chi connectivity index (χ1) is 20.4. The Morgan fingerprint density at radius 1 is 0.767 bits per heavy atom. The summed E-state index contributed by atoms with van der Waals surface area (Å²) in [6.07, 6.45) is 1.57. The molecule has 3 atom stereocenters. The number of rotatable bonds is 27. The third-order valence-corrected chi connectivity index (χ3v) is 6.54. The molecule has 0 fully saturated rings. The van der Waals surface area contributed by atoms with Crippen LogP contribution in [-0.2, 0) is 43.0 Å². The first-order valence-corrected chi connectivity index (χ1v) is 14.6. The lowest BCUT2D eigenvalue weighted by atomic mass is 9.94. The van der Waals surface area contributed by atoms with E-state index in [4.69, 9.17) is 15.2 Å². The highest BCUT2D eigenvalue weighted by molar-refractivity contribution is 5.86. The second kappa shape index (κ2) is 24.1. The van der Waals surface area contributed by atoms with E-state index in [1.54, 1.807) is 0 Å². The topological polar surface area (TPSA) is 241 Å². The zero-order valence-electron chi connectivity index (χ0n) is 25.2. The Kier molecular flexibility index (Phi) is 22.1. The van der Waals surface area contributed by atoms with Crippen molar-refractivity contribution in [2.24, 2.45) is 17.6 Å². The van der Waals surface area contributed by atoms with E-state index in [1.165, 1.54) is 6.92 Å². The van der Waals surface area contributed by atoms with Gasteiger partial charge in [-0.05, 0) is 32.1 Å². The second-order valence-electron chi connectivity index (χ2n) is 10.1. The molecule has 0 bridgehead atoms. The summed E-state index contributed by atoms with van der Waals surface area (Å²) in [5, 5.41) is 26.4. The number of ether oxygens (including phenoxy) is 2. The largest absolute Gasteiger partial charge is 0.481 e. The van der Waals surface area contributed by atoms with Crippen LogP contribution in [0.15, 0.2) is 0 Å². The number of nitrogens with two attached hydrogens (primary N) is 1. The van der Waals surface area contributed by atoms with Crippen LogP contribution in [0.25, 0.3) is 0 Å². The average Bonchev–Trinajstić information content (AvgIpc) is 2.95. The fourth-order valence-corrected chi connectivity index (χ4v) is 4.05. The molecule has 0 saturated heterocycles. The van der Waals surface area contributed by atoms with Gasteiger partial charge >= 0.3 is 11.9 Å². The van der Waals surface area contributed by atoms with E-state index in [-0.39, 0.29) is 88.6 Å². The molecule has 0 aliphatic rings. The molecule has 0 heterocycles. The minimum absolute atomic E-state index is 0.00742. The normalized spacial score (nSPS) is 12.9. The zero-order chi connectivity index (χ0) is 32.6. The van der Waals surface area contributed by atoms with Crippen LogP contribution >= 0.6 is 0 Å². The molecular weight excluding hydrogens is 568 g/mol. The van der Waals surface area contributed by atoms with Crippen molar-refractivity contribution in [3.8, 4) is 0 Å². The smallest absolute Gasteiger partial charge is 0.326 e. The number of hydrogen-bond acceptors (Lipinski definition) is 10. The molecule has 0 aromatic rings. The predicted octanol–water partition coefficient (Wildman–Crippen LogP) is -0.214. The quantitative estimate of drug-likeness (QED) is 0.0657. The molecule has 0 aliphatic heterocycles. The fraction of sp³-hybridized carbons (Fsp3) is 0.750. The van der Waals surface area contributed by atoms with Crippen LogP contribution in [0.4, 0.5) is 0 Å². The van der Waals surface area contributed by atoms with Gasteiger partial charge in [-0.25, -0.2) is 4.79 Å². The van der Waals surface area contributed by atoms with Gasteiger partial charge in [-0.1, -0.05) is 13.3 Å². The van der Waals surface area contributed by atoms with Crippen molar-refractivity contribution in [3.05, 3.63) is 0 Å². The van der Waals surface area contributed by atoms with Crippen molar-refractivity contribution in [2.45, 2.75) is 77.7 Å². The van der Waals surface area contributed by atoms with E-state index in [2.05, 4.69) is 16.0 Å². The van der Waals surface area contributed by atoms with E-state index in [1.807, 2.05) is 6.92 Å². The van der Waals surface area contributed by atoms with Gasteiger partial charge < -0.3 is 41.4 Å². The van der Waals surface area contributed by atoms with E-state index < -0.39 is 35.6 Å². The number of carboxylic acids is 2. The van der Waals surface area contributed by atoms with Crippen LogP contribution in [0.2, 0.25) is 0 Å². The molecule has 0 rings (SSSR count). The maximum Gasteiger partial charge on any atom is 0.326 e. The van der Waals surface area contributed by atoms with Crippen molar-refractivity contribution in [3.63, 3.8) is 0 Å². The Bertz CT molecular complexity index is 913. The summed E-state index contributed by atoms with van der Waals surface area (Å²) in [6, 6.07) is -1.34. The monoisotopic (exact) mass is 616 g/mol. The number of carbonyl (C=O) groups is 7. The highest BCUT2D eigenvalue weighted by atomic mass is 16.5. The Hall–Kier alpha value is -3.43. The molecule has 0 aromatic heterocycles. The van der Waals surface area contributed by atoms with Crippen LogP contribution < -0.4 is 21.7 Å². The molecule has 7 N–H and O–H groups in total. The lowest BCUT2D eigenvalue weighted by Crippen LogP contribution is -2.42. The number of unbranched alkanes of at least 4 members (excludes halogenated alkanes) is 1. The summed E-state index contributed by atoms with van der Waals surface area (Å²) in [6.45, 7) is 4.23. The number of carbonyl (C=O) groups excluding carboxylic acids is 5. The summed E-state index contributed by atoms with van der Waals surface area (Å²) in [4.78, 5) is 82.1. The highest BCUT2D eigenvalue weighted by Crippen LogP contribution is 2.14. The van der Waals surface area contributed by atoms with Crippen LogP contribution in [0.1, 0.15) is 71.6 Å². The van der Waals surface area contributed by atoms with E-state index in [0.29, 0.717) is 32.4 Å². The summed E-state index contributed by atoms with van der Waals surface area (Å²) < 4.78 is 10.4. The maximum atomic E-state index is 12.3. The van der Waals surface area contributed by atoms with Gasteiger partial charge in [0, 0.05) is 45.2 Å². The Morgan fingerprint density at radius 3 is 2.05 bits per heavy atom. The van der Waals surface area contributed by atoms with Gasteiger partial charge in [0.15, 0.2) is 5.78 Å².